The molecule has 2 nitrogen and oxygen atoms in total. The van der Waals surface area contributed by atoms with Gasteiger partial charge in [0.25, 0.3) is 0 Å². The van der Waals surface area contributed by atoms with Gasteiger partial charge in [0.05, 0.1) is 0 Å². The topological polar surface area (TPSA) is 52.0 Å². The van der Waals surface area contributed by atoms with E-state index in [-0.39, 0.29) is 0 Å². The molecule has 0 saturated carbocycles. The number of alkyl halides is 1. The fourth-order valence-corrected chi connectivity index (χ4v) is 2.01. The quantitative estimate of drug-likeness (QED) is 0.617. The Balaban J connectivity index is 2.68. The molecule has 0 saturated heterocycles. The Hall–Kier alpha value is -1.67. The van der Waals surface area contributed by atoms with E-state index in [0.717, 1.165) is 16.7 Å². The maximum Gasteiger partial charge on any atom is 0.0481 e. The third-order valence-electron chi connectivity index (χ3n) is 2.56. The summed E-state index contributed by atoms with van der Waals surface area (Å²) in [7, 11) is 0. The maximum atomic E-state index is 5.98. The van der Waals surface area contributed by atoms with E-state index in [2.05, 4.69) is 0 Å². The first-order valence-corrected chi connectivity index (χ1v) is 5.55. The van der Waals surface area contributed by atoms with Crippen molar-refractivity contribution < 1.29 is 0 Å². The lowest BCUT2D eigenvalue weighted by atomic mass is 9.97. The van der Waals surface area contributed by atoms with Gasteiger partial charge in [0.1, 0.15) is 0 Å². The minimum Gasteiger partial charge on any atom is -0.398 e. The van der Waals surface area contributed by atoms with Crippen LogP contribution in [0.5, 0.6) is 0 Å². The Kier molecular flexibility index (Phi) is 3.02. The van der Waals surface area contributed by atoms with E-state index >= 15 is 0 Å². The monoisotopic (exact) mass is 232 g/mol. The molecule has 0 heterocycles. The Morgan fingerprint density at radius 1 is 0.875 bits per heavy atom. The van der Waals surface area contributed by atoms with Crippen molar-refractivity contribution in [3.05, 3.63) is 48.0 Å². The molecule has 0 amide bonds. The second-order valence-corrected chi connectivity index (χ2v) is 3.87. The summed E-state index contributed by atoms with van der Waals surface area (Å²) in [5.41, 5.74) is 16.2. The molecule has 2 rings (SSSR count). The van der Waals surface area contributed by atoms with Crippen molar-refractivity contribution in [2.75, 3.05) is 11.5 Å². The van der Waals surface area contributed by atoms with Crippen molar-refractivity contribution in [2.45, 2.75) is 5.88 Å². The van der Waals surface area contributed by atoms with E-state index in [1.54, 1.807) is 0 Å². The van der Waals surface area contributed by atoms with Gasteiger partial charge < -0.3 is 11.5 Å². The van der Waals surface area contributed by atoms with Crippen molar-refractivity contribution in [2.24, 2.45) is 0 Å². The standard InChI is InChI=1S/C13H13ClN2/c14-8-9-4-3-7-12(16)13(9)10-5-1-2-6-11(10)15/h1-7H,8,15-16H2. The van der Waals surface area contributed by atoms with Crippen LogP contribution in [0.3, 0.4) is 0 Å². The van der Waals surface area contributed by atoms with Crippen LogP contribution < -0.4 is 11.5 Å². The maximum absolute atomic E-state index is 5.98. The molecule has 0 aliphatic carbocycles. The molecular formula is C13H13ClN2. The third kappa shape index (κ3) is 1.84. The zero-order chi connectivity index (χ0) is 11.5. The number of hydrogen-bond acceptors (Lipinski definition) is 2. The second kappa shape index (κ2) is 4.45. The summed E-state index contributed by atoms with van der Waals surface area (Å²) in [5.74, 6) is 0.425. The summed E-state index contributed by atoms with van der Waals surface area (Å²) in [6, 6.07) is 13.4. The van der Waals surface area contributed by atoms with Crippen molar-refractivity contribution >= 4 is 23.0 Å². The molecule has 2 aromatic carbocycles. The van der Waals surface area contributed by atoms with Crippen molar-refractivity contribution in [1.29, 1.82) is 0 Å². The summed E-state index contributed by atoms with van der Waals surface area (Å²) in [6.45, 7) is 0. The highest BCUT2D eigenvalue weighted by Gasteiger charge is 2.10. The molecule has 0 bridgehead atoms. The predicted molar refractivity (Wildman–Crippen MR) is 70.3 cm³/mol. The van der Waals surface area contributed by atoms with Crippen LogP contribution in [0, 0.1) is 0 Å². The van der Waals surface area contributed by atoms with Crippen LogP contribution in [0.15, 0.2) is 42.5 Å². The zero-order valence-corrected chi connectivity index (χ0v) is 9.54. The minimum absolute atomic E-state index is 0.425. The molecule has 0 aliphatic heterocycles. The summed E-state index contributed by atoms with van der Waals surface area (Å²) < 4.78 is 0. The van der Waals surface area contributed by atoms with Gasteiger partial charge in [0, 0.05) is 28.4 Å². The van der Waals surface area contributed by atoms with Gasteiger partial charge >= 0.3 is 0 Å². The Morgan fingerprint density at radius 2 is 1.56 bits per heavy atom. The average Bonchev–Trinajstić information content (AvgIpc) is 2.30. The average molecular weight is 233 g/mol. The van der Waals surface area contributed by atoms with E-state index in [4.69, 9.17) is 23.1 Å². The Bertz CT molecular complexity index is 509. The van der Waals surface area contributed by atoms with Crippen molar-refractivity contribution in [3.63, 3.8) is 0 Å². The molecule has 2 aromatic rings. The first kappa shape index (κ1) is 10.8. The number of para-hydroxylation sites is 1. The van der Waals surface area contributed by atoms with E-state index < -0.39 is 0 Å². The molecule has 0 aliphatic rings. The van der Waals surface area contributed by atoms with Crippen molar-refractivity contribution in [1.82, 2.24) is 0 Å². The molecular weight excluding hydrogens is 220 g/mol. The summed E-state index contributed by atoms with van der Waals surface area (Å²) >= 11 is 5.91. The number of nitrogen functional groups attached to an aromatic ring is 2. The Morgan fingerprint density at radius 3 is 2.25 bits per heavy atom. The van der Waals surface area contributed by atoms with Gasteiger partial charge in [-0.15, -0.1) is 11.6 Å². The smallest absolute Gasteiger partial charge is 0.0481 e. The van der Waals surface area contributed by atoms with E-state index in [1.165, 1.54) is 0 Å². The van der Waals surface area contributed by atoms with E-state index in [1.807, 2.05) is 42.5 Å². The number of anilines is 2. The number of halogens is 1. The molecule has 3 heteroatoms. The lowest BCUT2D eigenvalue weighted by Crippen LogP contribution is -1.97. The van der Waals surface area contributed by atoms with Gasteiger partial charge in [0.2, 0.25) is 0 Å². The first-order valence-electron chi connectivity index (χ1n) is 5.02. The van der Waals surface area contributed by atoms with Crippen LogP contribution >= 0.6 is 11.6 Å². The van der Waals surface area contributed by atoms with Gasteiger partial charge in [-0.25, -0.2) is 0 Å². The molecule has 0 spiro atoms. The molecule has 4 N–H and O–H groups in total. The molecule has 82 valence electrons. The first-order chi connectivity index (χ1) is 7.74. The van der Waals surface area contributed by atoms with Crippen LogP contribution in [0.2, 0.25) is 0 Å². The number of nitrogens with two attached hydrogens (primary N) is 2. The number of benzene rings is 2. The van der Waals surface area contributed by atoms with Crippen LogP contribution in [0.1, 0.15) is 5.56 Å². The SMILES string of the molecule is Nc1ccccc1-c1c(N)cccc1CCl. The van der Waals surface area contributed by atoms with Crippen LogP contribution in [-0.2, 0) is 5.88 Å². The number of rotatable bonds is 2. The lowest BCUT2D eigenvalue weighted by Gasteiger charge is -2.12. The molecule has 0 radical (unpaired) electrons. The van der Waals surface area contributed by atoms with Gasteiger partial charge in [-0.1, -0.05) is 30.3 Å². The van der Waals surface area contributed by atoms with Crippen LogP contribution in [-0.4, -0.2) is 0 Å². The molecule has 16 heavy (non-hydrogen) atoms. The van der Waals surface area contributed by atoms with Gasteiger partial charge in [-0.2, -0.15) is 0 Å². The summed E-state index contributed by atoms with van der Waals surface area (Å²) in [5, 5.41) is 0. The number of hydrogen-bond donors (Lipinski definition) is 2. The normalized spacial score (nSPS) is 10.3. The van der Waals surface area contributed by atoms with Crippen LogP contribution in [0.4, 0.5) is 11.4 Å². The van der Waals surface area contributed by atoms with E-state index in [9.17, 15) is 0 Å². The highest BCUT2D eigenvalue weighted by molar-refractivity contribution is 6.17. The zero-order valence-electron chi connectivity index (χ0n) is 8.78. The summed E-state index contributed by atoms with van der Waals surface area (Å²) in [4.78, 5) is 0. The van der Waals surface area contributed by atoms with Gasteiger partial charge in [0.15, 0.2) is 0 Å². The second-order valence-electron chi connectivity index (χ2n) is 3.60. The predicted octanol–water partition coefficient (Wildman–Crippen LogP) is 3.26. The van der Waals surface area contributed by atoms with E-state index in [0.29, 0.717) is 17.3 Å². The minimum atomic E-state index is 0.425. The van der Waals surface area contributed by atoms with Gasteiger partial charge in [-0.05, 0) is 17.7 Å². The molecule has 0 fully saturated rings. The molecule has 0 unspecified atom stereocenters. The highest BCUT2D eigenvalue weighted by atomic mass is 35.5. The van der Waals surface area contributed by atoms with Crippen LogP contribution in [0.25, 0.3) is 11.1 Å². The largest absolute Gasteiger partial charge is 0.398 e. The van der Waals surface area contributed by atoms with Crippen molar-refractivity contribution in [3.8, 4) is 11.1 Å². The Labute approximate surface area is 99.8 Å². The van der Waals surface area contributed by atoms with Gasteiger partial charge in [-0.3, -0.25) is 0 Å². The third-order valence-corrected chi connectivity index (χ3v) is 2.85. The molecule has 0 atom stereocenters. The molecule has 0 aromatic heterocycles. The fourth-order valence-electron chi connectivity index (χ4n) is 1.78. The highest BCUT2D eigenvalue weighted by Crippen LogP contribution is 2.34. The summed E-state index contributed by atoms with van der Waals surface area (Å²) in [6.07, 6.45) is 0. The lowest BCUT2D eigenvalue weighted by molar-refractivity contribution is 1.40. The fraction of sp³-hybridized carbons (Fsp3) is 0.0769.